The van der Waals surface area contributed by atoms with Crippen molar-refractivity contribution in [3.8, 4) is 0 Å². The molecular weight excluding hydrogens is 480 g/mol. The van der Waals surface area contributed by atoms with Gasteiger partial charge in [-0.25, -0.2) is 5.43 Å². The van der Waals surface area contributed by atoms with Gasteiger partial charge >= 0.3 is 11.8 Å². The molecule has 0 fully saturated rings. The molecule has 1 aromatic carbocycles. The number of rotatable bonds is 4. The highest BCUT2D eigenvalue weighted by Crippen LogP contribution is 2.30. The third-order valence-corrected chi connectivity index (χ3v) is 5.67. The molecule has 3 aromatic rings. The normalized spacial score (nSPS) is 14.0. The zero-order valence-electron chi connectivity index (χ0n) is 17.0. The number of nitrogens with one attached hydrogen (secondary N) is 3. The molecule has 0 spiro atoms. The Morgan fingerprint density at radius 2 is 1.78 bits per heavy atom. The van der Waals surface area contributed by atoms with E-state index in [9.17, 15) is 14.4 Å². The fraction of sp³-hybridized carbons (Fsp3) is 0.182. The highest BCUT2D eigenvalue weighted by molar-refractivity contribution is 9.10. The van der Waals surface area contributed by atoms with Crippen LogP contribution in [0.25, 0.3) is 0 Å². The third kappa shape index (κ3) is 4.35. The fourth-order valence-corrected chi connectivity index (χ4v) is 3.93. The molecule has 2 aromatic heterocycles. The van der Waals surface area contributed by atoms with Gasteiger partial charge in [0.2, 0.25) is 0 Å². The molecule has 0 saturated carbocycles. The number of amides is 3. The number of nitrogens with zero attached hydrogens (tertiary/aromatic N) is 1. The molecular formula is C22H19BrN4O5. The molecule has 32 heavy (non-hydrogen) atoms. The van der Waals surface area contributed by atoms with Crippen LogP contribution < -0.4 is 16.3 Å². The van der Waals surface area contributed by atoms with Crippen LogP contribution in [0.2, 0.25) is 0 Å². The first-order valence-electron chi connectivity index (χ1n) is 9.84. The van der Waals surface area contributed by atoms with Gasteiger partial charge in [-0.3, -0.25) is 25.2 Å². The van der Waals surface area contributed by atoms with E-state index in [1.54, 1.807) is 31.2 Å². The number of carbonyl (C=O) groups excluding carboxylic acids is 3. The van der Waals surface area contributed by atoms with Gasteiger partial charge in [-0.05, 0) is 60.0 Å². The summed E-state index contributed by atoms with van der Waals surface area (Å²) in [5.41, 5.74) is 9.56. The second-order valence-corrected chi connectivity index (χ2v) is 7.93. The van der Waals surface area contributed by atoms with E-state index in [1.807, 2.05) is 6.07 Å². The van der Waals surface area contributed by atoms with Crippen molar-refractivity contribution < 1.29 is 23.2 Å². The van der Waals surface area contributed by atoms with Gasteiger partial charge in [0.15, 0.2) is 11.5 Å². The van der Waals surface area contributed by atoms with Crippen LogP contribution in [0.4, 0.5) is 0 Å². The molecule has 0 aliphatic heterocycles. The number of carbonyl (C=O) groups is 3. The summed E-state index contributed by atoms with van der Waals surface area (Å²) < 4.78 is 11.4. The Balaban J connectivity index is 1.50. The lowest BCUT2D eigenvalue weighted by Crippen LogP contribution is -2.41. The number of hydrazine groups is 1. The number of hydrogen-bond acceptors (Lipinski definition) is 6. The molecule has 164 valence electrons. The van der Waals surface area contributed by atoms with E-state index in [4.69, 9.17) is 8.83 Å². The number of fused-ring (bicyclic) bond motifs is 1. The zero-order chi connectivity index (χ0) is 22.7. The molecule has 0 saturated heterocycles. The van der Waals surface area contributed by atoms with Crippen molar-refractivity contribution in [1.82, 2.24) is 16.3 Å². The second kappa shape index (κ2) is 9.23. The number of furan rings is 2. The van der Waals surface area contributed by atoms with Crippen molar-refractivity contribution >= 4 is 39.4 Å². The summed E-state index contributed by atoms with van der Waals surface area (Å²) in [6.45, 7) is 1.74. The van der Waals surface area contributed by atoms with Gasteiger partial charge in [-0.2, -0.15) is 5.10 Å². The largest absolute Gasteiger partial charge is 0.459 e. The van der Waals surface area contributed by atoms with Crippen LogP contribution in [-0.2, 0) is 6.42 Å². The van der Waals surface area contributed by atoms with E-state index in [0.717, 1.165) is 6.42 Å². The number of hydrazone groups is 1. The number of aryl methyl sites for hydroxylation is 1. The second-order valence-electron chi connectivity index (χ2n) is 7.07. The van der Waals surface area contributed by atoms with Crippen LogP contribution >= 0.6 is 15.9 Å². The summed E-state index contributed by atoms with van der Waals surface area (Å²) in [4.78, 5) is 37.0. The summed E-state index contributed by atoms with van der Waals surface area (Å²) in [6.07, 6.45) is 3.39. The molecule has 4 rings (SSSR count). The van der Waals surface area contributed by atoms with E-state index in [2.05, 4.69) is 37.3 Å². The highest BCUT2D eigenvalue weighted by atomic mass is 79.9. The molecule has 10 heteroatoms. The molecule has 1 aliphatic carbocycles. The molecule has 3 amide bonds. The first kappa shape index (κ1) is 21.6. The van der Waals surface area contributed by atoms with Crippen LogP contribution in [0.1, 0.15) is 61.2 Å². The maximum atomic E-state index is 12.6. The van der Waals surface area contributed by atoms with E-state index < -0.39 is 11.8 Å². The van der Waals surface area contributed by atoms with Crippen LogP contribution in [-0.4, -0.2) is 23.4 Å². The predicted molar refractivity (Wildman–Crippen MR) is 118 cm³/mol. The molecule has 0 bridgehead atoms. The van der Waals surface area contributed by atoms with E-state index in [0.29, 0.717) is 45.5 Å². The Morgan fingerprint density at radius 1 is 1.00 bits per heavy atom. The number of hydrogen-bond donors (Lipinski definition) is 3. The average molecular weight is 499 g/mol. The molecule has 0 radical (unpaired) electrons. The fourth-order valence-electron chi connectivity index (χ4n) is 3.46. The first-order chi connectivity index (χ1) is 15.5. The van der Waals surface area contributed by atoms with Crippen molar-refractivity contribution in [3.63, 3.8) is 0 Å². The zero-order valence-corrected chi connectivity index (χ0v) is 18.6. The summed E-state index contributed by atoms with van der Waals surface area (Å²) in [5.74, 6) is -0.790. The molecule has 0 atom stereocenters. The lowest BCUT2D eigenvalue weighted by molar-refractivity contribution is 0.0815. The quantitative estimate of drug-likeness (QED) is 0.474. The lowest BCUT2D eigenvalue weighted by atomic mass is 9.93. The van der Waals surface area contributed by atoms with Crippen LogP contribution in [0, 0.1) is 6.92 Å². The molecule has 9 nitrogen and oxygen atoms in total. The molecule has 0 unspecified atom stereocenters. The van der Waals surface area contributed by atoms with Gasteiger partial charge in [0.05, 0.1) is 17.5 Å². The van der Waals surface area contributed by atoms with Crippen molar-refractivity contribution in [2.75, 3.05) is 0 Å². The van der Waals surface area contributed by atoms with Gasteiger partial charge in [-0.1, -0.05) is 12.1 Å². The molecule has 2 heterocycles. The Bertz CT molecular complexity index is 1210. The standard InChI is InChI=1S/C22H19BrN4O5/c1-12-18-15(24-25-20(28)13-6-2-3-7-14(13)23)8-4-9-16(18)32-19(12)22(30)27-26-21(29)17-10-5-11-31-17/h2-3,5-7,10-11H,4,8-9H2,1H3,(H,25,28)(H,26,29)(H,27,30)/b24-15+. The SMILES string of the molecule is Cc1c(C(=O)NNC(=O)c2ccco2)oc2c1/C(=N/NC(=O)c1ccccc1Br)CCC2. The Morgan fingerprint density at radius 3 is 2.53 bits per heavy atom. The summed E-state index contributed by atoms with van der Waals surface area (Å²) in [7, 11) is 0. The number of benzene rings is 1. The number of halogens is 1. The van der Waals surface area contributed by atoms with Gasteiger partial charge < -0.3 is 8.83 Å². The lowest BCUT2D eigenvalue weighted by Gasteiger charge is -2.13. The average Bonchev–Trinajstić information content (AvgIpc) is 3.45. The smallest absolute Gasteiger partial charge is 0.305 e. The minimum atomic E-state index is -0.603. The summed E-state index contributed by atoms with van der Waals surface area (Å²) in [6, 6.07) is 10.1. The summed E-state index contributed by atoms with van der Waals surface area (Å²) >= 11 is 3.35. The van der Waals surface area contributed by atoms with Crippen molar-refractivity contribution in [3.05, 3.63) is 81.1 Å². The van der Waals surface area contributed by atoms with Crippen LogP contribution in [0.5, 0.6) is 0 Å². The van der Waals surface area contributed by atoms with Gasteiger partial charge in [0, 0.05) is 22.0 Å². The van der Waals surface area contributed by atoms with E-state index in [1.165, 1.54) is 12.3 Å². The summed E-state index contributed by atoms with van der Waals surface area (Å²) in [5, 5.41) is 4.31. The van der Waals surface area contributed by atoms with Gasteiger partial charge in [0.1, 0.15) is 5.76 Å². The topological polar surface area (TPSA) is 126 Å². The third-order valence-electron chi connectivity index (χ3n) is 4.98. The van der Waals surface area contributed by atoms with E-state index in [-0.39, 0.29) is 17.4 Å². The van der Waals surface area contributed by atoms with Gasteiger partial charge in [0.25, 0.3) is 5.91 Å². The molecule has 1 aliphatic rings. The van der Waals surface area contributed by atoms with Crippen molar-refractivity contribution in [2.45, 2.75) is 26.2 Å². The highest BCUT2D eigenvalue weighted by Gasteiger charge is 2.28. The maximum Gasteiger partial charge on any atom is 0.305 e. The van der Waals surface area contributed by atoms with Crippen LogP contribution in [0.3, 0.4) is 0 Å². The van der Waals surface area contributed by atoms with Gasteiger partial charge in [-0.15, -0.1) is 0 Å². The minimum absolute atomic E-state index is 0.0657. The van der Waals surface area contributed by atoms with E-state index >= 15 is 0 Å². The van der Waals surface area contributed by atoms with Crippen molar-refractivity contribution in [1.29, 1.82) is 0 Å². The Hall–Kier alpha value is -3.66. The molecule has 3 N–H and O–H groups in total. The Kier molecular flexibility index (Phi) is 6.22. The predicted octanol–water partition coefficient (Wildman–Crippen LogP) is 3.49. The first-order valence-corrected chi connectivity index (χ1v) is 10.6. The van der Waals surface area contributed by atoms with Crippen LogP contribution in [0.15, 0.2) is 61.1 Å². The minimum Gasteiger partial charge on any atom is -0.459 e. The maximum absolute atomic E-state index is 12.6. The Labute approximate surface area is 191 Å². The monoisotopic (exact) mass is 498 g/mol. The van der Waals surface area contributed by atoms with Crippen molar-refractivity contribution in [2.24, 2.45) is 5.10 Å².